The summed E-state index contributed by atoms with van der Waals surface area (Å²) in [5.41, 5.74) is 2.53. The molecule has 0 spiro atoms. The van der Waals surface area contributed by atoms with Crippen molar-refractivity contribution in [2.45, 2.75) is 13.3 Å². The van der Waals surface area contributed by atoms with Crippen LogP contribution in [0.1, 0.15) is 30.5 Å². The maximum atomic E-state index is 12.7. The molecule has 1 aromatic carbocycles. The van der Waals surface area contributed by atoms with E-state index in [9.17, 15) is 9.59 Å². The van der Waals surface area contributed by atoms with Crippen molar-refractivity contribution in [1.29, 1.82) is 0 Å². The molecule has 3 heterocycles. The Balaban J connectivity index is 1.54. The lowest BCUT2D eigenvalue weighted by Gasteiger charge is -2.16. The van der Waals surface area contributed by atoms with Crippen molar-refractivity contribution >= 4 is 34.7 Å². The zero-order valence-electron chi connectivity index (χ0n) is 14.2. The van der Waals surface area contributed by atoms with Crippen LogP contribution in [0.3, 0.4) is 0 Å². The van der Waals surface area contributed by atoms with Gasteiger partial charge in [-0.25, -0.2) is 4.98 Å². The number of benzene rings is 1. The lowest BCUT2D eigenvalue weighted by Crippen LogP contribution is -2.28. The van der Waals surface area contributed by atoms with Gasteiger partial charge in [-0.1, -0.05) is 24.3 Å². The number of fused-ring (bicyclic) bond motifs is 1. The topological polar surface area (TPSA) is 62.3 Å². The molecule has 0 aliphatic carbocycles. The van der Waals surface area contributed by atoms with E-state index in [1.54, 1.807) is 23.2 Å². The van der Waals surface area contributed by atoms with E-state index in [-0.39, 0.29) is 11.8 Å². The third kappa shape index (κ3) is 3.11. The Morgan fingerprint density at radius 3 is 2.69 bits per heavy atom. The van der Waals surface area contributed by atoms with Crippen molar-refractivity contribution in [3.05, 3.63) is 75.6 Å². The molecule has 26 heavy (non-hydrogen) atoms. The molecule has 0 fully saturated rings. The van der Waals surface area contributed by atoms with E-state index in [1.165, 1.54) is 11.3 Å². The van der Waals surface area contributed by atoms with Crippen LogP contribution in [0.4, 0.5) is 11.5 Å². The molecule has 4 rings (SSSR count). The van der Waals surface area contributed by atoms with Gasteiger partial charge in [-0.05, 0) is 36.8 Å². The van der Waals surface area contributed by atoms with E-state index in [0.717, 1.165) is 22.5 Å². The Hall–Kier alpha value is -2.99. The maximum Gasteiger partial charge on any atom is 0.266 e. The molecule has 0 atom stereocenters. The Kier molecular flexibility index (Phi) is 4.26. The number of anilines is 2. The second kappa shape index (κ2) is 6.72. The van der Waals surface area contributed by atoms with Gasteiger partial charge in [-0.3, -0.25) is 9.59 Å². The molecule has 1 aliphatic heterocycles. The Labute approximate surface area is 155 Å². The zero-order chi connectivity index (χ0) is 18.1. The van der Waals surface area contributed by atoms with Gasteiger partial charge in [-0.2, -0.15) is 0 Å². The summed E-state index contributed by atoms with van der Waals surface area (Å²) in [6, 6.07) is 14.7. The van der Waals surface area contributed by atoms with Gasteiger partial charge >= 0.3 is 0 Å². The number of hydrogen-bond donors (Lipinski definition) is 1. The van der Waals surface area contributed by atoms with Gasteiger partial charge in [0.05, 0.1) is 10.6 Å². The third-order valence-corrected chi connectivity index (χ3v) is 5.47. The number of aryl methyl sites for hydroxylation is 1. The SMILES string of the molecule is Cc1ccc(NC(=O)c2cc3c(s2)CCN3C(=O)c2ccccc2)nc1. The van der Waals surface area contributed by atoms with Crippen LogP contribution >= 0.6 is 11.3 Å². The molecule has 0 saturated carbocycles. The van der Waals surface area contributed by atoms with E-state index < -0.39 is 0 Å². The number of pyridine rings is 1. The van der Waals surface area contributed by atoms with Crippen LogP contribution in [0, 0.1) is 6.92 Å². The van der Waals surface area contributed by atoms with Crippen LogP contribution in [0.5, 0.6) is 0 Å². The number of hydrogen-bond acceptors (Lipinski definition) is 4. The van der Waals surface area contributed by atoms with Crippen LogP contribution < -0.4 is 10.2 Å². The van der Waals surface area contributed by atoms with Gasteiger partial charge in [0, 0.05) is 29.6 Å². The molecule has 0 radical (unpaired) electrons. The first-order valence-electron chi connectivity index (χ1n) is 8.35. The Morgan fingerprint density at radius 1 is 1.15 bits per heavy atom. The number of nitrogens with one attached hydrogen (secondary N) is 1. The number of amides is 2. The zero-order valence-corrected chi connectivity index (χ0v) is 15.0. The largest absolute Gasteiger partial charge is 0.307 e. The van der Waals surface area contributed by atoms with E-state index in [2.05, 4.69) is 10.3 Å². The first kappa shape index (κ1) is 16.5. The fraction of sp³-hybridized carbons (Fsp3) is 0.150. The minimum Gasteiger partial charge on any atom is -0.307 e. The van der Waals surface area contributed by atoms with Crippen molar-refractivity contribution in [2.75, 3.05) is 16.8 Å². The van der Waals surface area contributed by atoms with Gasteiger partial charge < -0.3 is 10.2 Å². The molecular weight excluding hydrogens is 346 g/mol. The van der Waals surface area contributed by atoms with Gasteiger partial charge in [0.25, 0.3) is 11.8 Å². The van der Waals surface area contributed by atoms with Crippen LogP contribution in [-0.4, -0.2) is 23.3 Å². The standard InChI is InChI=1S/C20H17N3O2S/c1-13-7-8-18(21-12-13)22-19(24)17-11-15-16(26-17)9-10-23(15)20(25)14-5-3-2-4-6-14/h2-8,11-12H,9-10H2,1H3,(H,21,22,24). The number of carbonyl (C=O) groups is 2. The molecule has 0 unspecified atom stereocenters. The van der Waals surface area contributed by atoms with Crippen molar-refractivity contribution in [3.63, 3.8) is 0 Å². The Morgan fingerprint density at radius 2 is 1.96 bits per heavy atom. The highest BCUT2D eigenvalue weighted by Crippen LogP contribution is 2.37. The molecule has 0 saturated heterocycles. The molecule has 130 valence electrons. The summed E-state index contributed by atoms with van der Waals surface area (Å²) >= 11 is 1.44. The highest BCUT2D eigenvalue weighted by molar-refractivity contribution is 7.14. The molecule has 5 nitrogen and oxygen atoms in total. The average molecular weight is 363 g/mol. The molecule has 0 bridgehead atoms. The highest BCUT2D eigenvalue weighted by Gasteiger charge is 2.29. The molecule has 1 N–H and O–H groups in total. The molecule has 2 amide bonds. The molecule has 2 aromatic heterocycles. The van der Waals surface area contributed by atoms with Crippen LogP contribution in [0.2, 0.25) is 0 Å². The van der Waals surface area contributed by atoms with E-state index in [0.29, 0.717) is 22.8 Å². The van der Waals surface area contributed by atoms with Gasteiger partial charge in [0.2, 0.25) is 0 Å². The summed E-state index contributed by atoms with van der Waals surface area (Å²) < 4.78 is 0. The number of rotatable bonds is 3. The molecule has 6 heteroatoms. The number of carbonyl (C=O) groups excluding carboxylic acids is 2. The van der Waals surface area contributed by atoms with Crippen molar-refractivity contribution in [2.24, 2.45) is 0 Å². The fourth-order valence-corrected chi connectivity index (χ4v) is 3.99. The maximum absolute atomic E-state index is 12.7. The van der Waals surface area contributed by atoms with E-state index in [1.807, 2.05) is 43.3 Å². The van der Waals surface area contributed by atoms with Gasteiger partial charge in [0.15, 0.2) is 0 Å². The van der Waals surface area contributed by atoms with Crippen LogP contribution in [0.25, 0.3) is 0 Å². The smallest absolute Gasteiger partial charge is 0.266 e. The molecule has 1 aliphatic rings. The van der Waals surface area contributed by atoms with Gasteiger partial charge in [-0.15, -0.1) is 11.3 Å². The quantitative estimate of drug-likeness (QED) is 0.767. The van der Waals surface area contributed by atoms with Crippen LogP contribution in [-0.2, 0) is 6.42 Å². The van der Waals surface area contributed by atoms with Crippen molar-refractivity contribution < 1.29 is 9.59 Å². The summed E-state index contributed by atoms with van der Waals surface area (Å²) in [6.45, 7) is 2.59. The normalized spacial score (nSPS) is 12.7. The predicted octanol–water partition coefficient (Wildman–Crippen LogP) is 3.91. The summed E-state index contributed by atoms with van der Waals surface area (Å²) in [6.07, 6.45) is 2.49. The summed E-state index contributed by atoms with van der Waals surface area (Å²) in [7, 11) is 0. The fourth-order valence-electron chi connectivity index (χ4n) is 2.94. The third-order valence-electron chi connectivity index (χ3n) is 4.28. The molecule has 3 aromatic rings. The molecular formula is C20H17N3O2S. The second-order valence-electron chi connectivity index (χ2n) is 6.17. The predicted molar refractivity (Wildman–Crippen MR) is 103 cm³/mol. The minimum absolute atomic E-state index is 0.0330. The van der Waals surface area contributed by atoms with Crippen LogP contribution in [0.15, 0.2) is 54.7 Å². The second-order valence-corrected chi connectivity index (χ2v) is 7.30. The summed E-state index contributed by atoms with van der Waals surface area (Å²) in [4.78, 5) is 32.8. The highest BCUT2D eigenvalue weighted by atomic mass is 32.1. The monoisotopic (exact) mass is 363 g/mol. The lowest BCUT2D eigenvalue weighted by molar-refractivity contribution is 0.0986. The number of nitrogens with zero attached hydrogens (tertiary/aromatic N) is 2. The summed E-state index contributed by atoms with van der Waals surface area (Å²) in [5.74, 6) is 0.286. The lowest BCUT2D eigenvalue weighted by atomic mass is 10.2. The van der Waals surface area contributed by atoms with Crippen molar-refractivity contribution in [1.82, 2.24) is 4.98 Å². The van der Waals surface area contributed by atoms with E-state index in [4.69, 9.17) is 0 Å². The first-order valence-corrected chi connectivity index (χ1v) is 9.17. The van der Waals surface area contributed by atoms with E-state index >= 15 is 0 Å². The summed E-state index contributed by atoms with van der Waals surface area (Å²) in [5, 5.41) is 2.81. The Bertz CT molecular complexity index is 964. The number of thiophene rings is 1. The minimum atomic E-state index is -0.201. The number of aromatic nitrogens is 1. The average Bonchev–Trinajstić information content (AvgIpc) is 3.24. The van der Waals surface area contributed by atoms with Gasteiger partial charge in [0.1, 0.15) is 5.82 Å². The van der Waals surface area contributed by atoms with Crippen molar-refractivity contribution in [3.8, 4) is 0 Å². The first-order chi connectivity index (χ1) is 12.6.